The number of furan rings is 1. The van der Waals surface area contributed by atoms with Gasteiger partial charge < -0.3 is 14.9 Å². The highest BCUT2D eigenvalue weighted by atomic mass is 19.1. The van der Waals surface area contributed by atoms with E-state index in [1.54, 1.807) is 13.0 Å². The van der Waals surface area contributed by atoms with Crippen LogP contribution in [-0.2, 0) is 0 Å². The maximum atomic E-state index is 13.7. The third-order valence-electron chi connectivity index (χ3n) is 2.47. The molecule has 92 valence electrons. The number of anilines is 1. The fraction of sp³-hybridized carbons (Fsp3) is 0.154. The fourth-order valence-corrected chi connectivity index (χ4v) is 1.64. The maximum absolute atomic E-state index is 13.7. The first-order valence-electron chi connectivity index (χ1n) is 5.37. The van der Waals surface area contributed by atoms with Crippen molar-refractivity contribution >= 4 is 5.88 Å². The Bertz CT molecular complexity index is 614. The molecule has 18 heavy (non-hydrogen) atoms. The Morgan fingerprint density at radius 3 is 2.89 bits per heavy atom. The van der Waals surface area contributed by atoms with Gasteiger partial charge in [0.25, 0.3) is 0 Å². The zero-order chi connectivity index (χ0) is 13.1. The second kappa shape index (κ2) is 4.80. The lowest BCUT2D eigenvalue weighted by Crippen LogP contribution is -1.94. The van der Waals surface area contributed by atoms with Gasteiger partial charge in [0.2, 0.25) is 5.88 Å². The minimum absolute atomic E-state index is 0.0294. The summed E-state index contributed by atoms with van der Waals surface area (Å²) in [7, 11) is 0. The zero-order valence-corrected chi connectivity index (χ0v) is 9.74. The third kappa shape index (κ3) is 2.00. The first kappa shape index (κ1) is 12.0. The molecular formula is C13H11FN2O2. The molecule has 0 aliphatic rings. The van der Waals surface area contributed by atoms with Crippen LogP contribution in [0.4, 0.5) is 10.3 Å². The number of nitrogen functional groups attached to an aromatic ring is 1. The predicted octanol–water partition coefficient (Wildman–Crippen LogP) is 2.94. The monoisotopic (exact) mass is 246 g/mol. The van der Waals surface area contributed by atoms with Crippen LogP contribution in [-0.4, -0.2) is 6.61 Å². The van der Waals surface area contributed by atoms with E-state index in [2.05, 4.69) is 0 Å². The van der Waals surface area contributed by atoms with Gasteiger partial charge in [-0.2, -0.15) is 5.26 Å². The molecule has 0 radical (unpaired) electrons. The van der Waals surface area contributed by atoms with Gasteiger partial charge in [0.1, 0.15) is 17.9 Å². The van der Waals surface area contributed by atoms with E-state index in [9.17, 15) is 4.39 Å². The van der Waals surface area contributed by atoms with Crippen molar-refractivity contribution in [2.75, 3.05) is 12.3 Å². The van der Waals surface area contributed by atoms with Crippen LogP contribution < -0.4 is 10.5 Å². The van der Waals surface area contributed by atoms with E-state index in [1.165, 1.54) is 18.4 Å². The molecule has 0 saturated heterocycles. The molecule has 4 nitrogen and oxygen atoms in total. The number of nitriles is 1. The van der Waals surface area contributed by atoms with Gasteiger partial charge in [-0.25, -0.2) is 4.39 Å². The van der Waals surface area contributed by atoms with Crippen molar-refractivity contribution < 1.29 is 13.5 Å². The first-order valence-corrected chi connectivity index (χ1v) is 5.37. The van der Waals surface area contributed by atoms with Crippen LogP contribution in [0.25, 0.3) is 11.1 Å². The maximum Gasteiger partial charge on any atom is 0.208 e. The zero-order valence-electron chi connectivity index (χ0n) is 9.74. The molecule has 2 N–H and O–H groups in total. The lowest BCUT2D eigenvalue weighted by atomic mass is 10.0. The molecule has 0 spiro atoms. The van der Waals surface area contributed by atoms with E-state index >= 15 is 0 Å². The molecule has 0 amide bonds. The summed E-state index contributed by atoms with van der Waals surface area (Å²) in [6.45, 7) is 2.16. The van der Waals surface area contributed by atoms with Crippen LogP contribution in [0.1, 0.15) is 12.5 Å². The number of nitrogens with two attached hydrogens (primary N) is 1. The van der Waals surface area contributed by atoms with Crippen molar-refractivity contribution in [2.45, 2.75) is 6.92 Å². The van der Waals surface area contributed by atoms with Gasteiger partial charge in [-0.05, 0) is 24.6 Å². The smallest absolute Gasteiger partial charge is 0.208 e. The van der Waals surface area contributed by atoms with E-state index in [4.69, 9.17) is 20.1 Å². The molecule has 1 heterocycles. The van der Waals surface area contributed by atoms with E-state index in [0.717, 1.165) is 0 Å². The molecule has 1 aromatic carbocycles. The first-order chi connectivity index (χ1) is 8.67. The highest BCUT2D eigenvalue weighted by Crippen LogP contribution is 2.31. The van der Waals surface area contributed by atoms with Crippen molar-refractivity contribution in [3.63, 3.8) is 0 Å². The molecular weight excluding hydrogens is 235 g/mol. The van der Waals surface area contributed by atoms with E-state index in [0.29, 0.717) is 17.7 Å². The van der Waals surface area contributed by atoms with Crippen LogP contribution in [0.3, 0.4) is 0 Å². The summed E-state index contributed by atoms with van der Waals surface area (Å²) in [5, 5.41) is 8.95. The number of hydrogen-bond donors (Lipinski definition) is 1. The molecule has 5 heteroatoms. The van der Waals surface area contributed by atoms with Gasteiger partial charge in [-0.1, -0.05) is 6.07 Å². The predicted molar refractivity (Wildman–Crippen MR) is 64.4 cm³/mol. The topological polar surface area (TPSA) is 72.2 Å². The van der Waals surface area contributed by atoms with Gasteiger partial charge >= 0.3 is 0 Å². The van der Waals surface area contributed by atoms with Gasteiger partial charge in [0.15, 0.2) is 11.6 Å². The lowest BCUT2D eigenvalue weighted by Gasteiger charge is -2.05. The molecule has 2 aromatic rings. The summed E-state index contributed by atoms with van der Waals surface area (Å²) >= 11 is 0. The summed E-state index contributed by atoms with van der Waals surface area (Å²) in [5.41, 5.74) is 6.69. The Morgan fingerprint density at radius 2 is 2.28 bits per heavy atom. The number of hydrogen-bond acceptors (Lipinski definition) is 4. The average Bonchev–Trinajstić information content (AvgIpc) is 2.73. The number of nitrogens with zero attached hydrogens (tertiary/aromatic N) is 1. The van der Waals surface area contributed by atoms with Crippen molar-refractivity contribution in [1.29, 1.82) is 5.26 Å². The molecule has 0 aliphatic carbocycles. The molecule has 2 rings (SSSR count). The standard InChI is InChI=1S/C13H11FN2O2/c1-2-17-12-4-3-8(5-11(12)14)10-7-18-13(16)9(10)6-15/h3-5,7H,2,16H2,1H3. The van der Waals surface area contributed by atoms with Crippen LogP contribution in [0.2, 0.25) is 0 Å². The number of halogens is 1. The number of benzene rings is 1. The van der Waals surface area contributed by atoms with E-state index < -0.39 is 5.82 Å². The molecule has 0 unspecified atom stereocenters. The summed E-state index contributed by atoms with van der Waals surface area (Å²) in [5.74, 6) is -0.281. The summed E-state index contributed by atoms with van der Waals surface area (Å²) in [4.78, 5) is 0. The third-order valence-corrected chi connectivity index (χ3v) is 2.47. The molecule has 0 saturated carbocycles. The Hall–Kier alpha value is -2.48. The van der Waals surface area contributed by atoms with Crippen LogP contribution in [0, 0.1) is 17.1 Å². The van der Waals surface area contributed by atoms with E-state index in [1.807, 2.05) is 6.07 Å². The fourth-order valence-electron chi connectivity index (χ4n) is 1.64. The molecule has 0 fully saturated rings. The average molecular weight is 246 g/mol. The SMILES string of the molecule is CCOc1ccc(-c2coc(N)c2C#N)cc1F. The minimum Gasteiger partial charge on any atom is -0.491 e. The van der Waals surface area contributed by atoms with Gasteiger partial charge in [0, 0.05) is 5.56 Å². The number of rotatable bonds is 3. The van der Waals surface area contributed by atoms with Gasteiger partial charge in [-0.15, -0.1) is 0 Å². The second-order valence-electron chi connectivity index (χ2n) is 3.58. The lowest BCUT2D eigenvalue weighted by molar-refractivity contribution is 0.321. The summed E-state index contributed by atoms with van der Waals surface area (Å²) < 4.78 is 23.8. The van der Waals surface area contributed by atoms with Crippen molar-refractivity contribution in [3.05, 3.63) is 35.8 Å². The second-order valence-corrected chi connectivity index (χ2v) is 3.58. The Kier molecular flexibility index (Phi) is 3.20. The van der Waals surface area contributed by atoms with Crippen molar-refractivity contribution in [1.82, 2.24) is 0 Å². The minimum atomic E-state index is -0.488. The molecule has 1 aromatic heterocycles. The quantitative estimate of drug-likeness (QED) is 0.903. The molecule has 0 bridgehead atoms. The Morgan fingerprint density at radius 1 is 1.50 bits per heavy atom. The van der Waals surface area contributed by atoms with E-state index in [-0.39, 0.29) is 17.2 Å². The molecule has 0 atom stereocenters. The normalized spacial score (nSPS) is 10.1. The number of ether oxygens (including phenoxy) is 1. The van der Waals surface area contributed by atoms with Crippen molar-refractivity contribution in [3.8, 4) is 22.9 Å². The van der Waals surface area contributed by atoms with Crippen LogP contribution in [0.5, 0.6) is 5.75 Å². The highest BCUT2D eigenvalue weighted by molar-refractivity contribution is 5.74. The molecule has 0 aliphatic heterocycles. The Labute approximate surface area is 103 Å². The van der Waals surface area contributed by atoms with Gasteiger partial charge in [-0.3, -0.25) is 0 Å². The largest absolute Gasteiger partial charge is 0.491 e. The van der Waals surface area contributed by atoms with Crippen LogP contribution in [0.15, 0.2) is 28.9 Å². The van der Waals surface area contributed by atoms with Gasteiger partial charge in [0.05, 0.1) is 6.61 Å². The highest BCUT2D eigenvalue weighted by Gasteiger charge is 2.14. The van der Waals surface area contributed by atoms with Crippen molar-refractivity contribution in [2.24, 2.45) is 0 Å². The Balaban J connectivity index is 2.46. The van der Waals surface area contributed by atoms with Crippen LogP contribution >= 0.6 is 0 Å². The summed E-state index contributed by atoms with van der Waals surface area (Å²) in [6, 6.07) is 6.38. The summed E-state index contributed by atoms with van der Waals surface area (Å²) in [6.07, 6.45) is 1.34.